The first-order valence-corrected chi connectivity index (χ1v) is 13.7. The zero-order valence-electron chi connectivity index (χ0n) is 20.8. The number of aromatic nitrogens is 3. The fourth-order valence-corrected chi connectivity index (χ4v) is 6.46. The summed E-state index contributed by atoms with van der Waals surface area (Å²) in [4.78, 5) is 28.4. The van der Waals surface area contributed by atoms with Crippen LogP contribution >= 0.6 is 7.67 Å². The summed E-state index contributed by atoms with van der Waals surface area (Å²) in [5.41, 5.74) is 6.84. The number of nitrogens with one attached hydrogen (secondary N) is 2. The van der Waals surface area contributed by atoms with Gasteiger partial charge in [-0.1, -0.05) is 0 Å². The topological polar surface area (TPSA) is 168 Å². The lowest BCUT2D eigenvalue weighted by molar-refractivity contribution is -0.145. The number of fused-ring (bicyclic) bond motifs is 1. The van der Waals surface area contributed by atoms with Gasteiger partial charge in [-0.3, -0.25) is 18.7 Å². The normalized spacial score (nSPS) is 25.1. The standard InChI is InChI=1S/C22H33N6O7P/c1-5-32-20(29)13(3)26-36(31,27-14(4)21(30)33-6-2)35-18-11-22(18)10-9-17(34-22)15-7-8-16-19(23)24-12-25-28(15)16/h7-8,12-14,17-18H,5-6,9-11H2,1-4H3,(H2,23,24,25)(H2,26,27,31)/t13-,14-,17+,18+,22+/m0/s1. The fourth-order valence-electron chi connectivity index (χ4n) is 4.40. The molecule has 1 spiro atoms. The molecule has 4 rings (SSSR count). The van der Waals surface area contributed by atoms with Crippen molar-refractivity contribution >= 4 is 30.9 Å². The van der Waals surface area contributed by atoms with Gasteiger partial charge >= 0.3 is 19.6 Å². The minimum atomic E-state index is -3.91. The van der Waals surface area contributed by atoms with Crippen molar-refractivity contribution in [3.05, 3.63) is 24.2 Å². The lowest BCUT2D eigenvalue weighted by Gasteiger charge is -2.26. The Morgan fingerprint density at radius 1 is 1.22 bits per heavy atom. The van der Waals surface area contributed by atoms with Crippen LogP contribution in [-0.4, -0.2) is 63.5 Å². The molecule has 2 aromatic rings. The van der Waals surface area contributed by atoms with Crippen molar-refractivity contribution in [2.75, 3.05) is 18.9 Å². The molecule has 3 heterocycles. The average Bonchev–Trinajstić information content (AvgIpc) is 3.14. The Labute approximate surface area is 208 Å². The number of carbonyl (C=O) groups is 2. The first-order valence-electron chi connectivity index (χ1n) is 12.0. The predicted octanol–water partition coefficient (Wildman–Crippen LogP) is 1.88. The number of rotatable bonds is 11. The van der Waals surface area contributed by atoms with E-state index in [-0.39, 0.29) is 19.3 Å². The summed E-state index contributed by atoms with van der Waals surface area (Å²) in [7, 11) is -3.91. The van der Waals surface area contributed by atoms with Gasteiger partial charge in [0.1, 0.15) is 30.0 Å². The van der Waals surface area contributed by atoms with Crippen molar-refractivity contribution in [3.8, 4) is 0 Å². The Bertz CT molecular complexity index is 1140. The van der Waals surface area contributed by atoms with E-state index in [0.29, 0.717) is 30.6 Å². The van der Waals surface area contributed by atoms with Gasteiger partial charge in [-0.2, -0.15) is 5.10 Å². The van der Waals surface area contributed by atoms with Gasteiger partial charge in [0.05, 0.1) is 30.6 Å². The number of nitrogens with zero attached hydrogens (tertiary/aromatic N) is 3. The summed E-state index contributed by atoms with van der Waals surface area (Å²) in [6.45, 7) is 6.74. The molecule has 0 radical (unpaired) electrons. The maximum Gasteiger partial charge on any atom is 0.342 e. The Hall–Kier alpha value is -2.57. The van der Waals surface area contributed by atoms with E-state index in [1.807, 2.05) is 12.1 Å². The molecule has 13 nitrogen and oxygen atoms in total. The van der Waals surface area contributed by atoms with E-state index >= 15 is 0 Å². The lowest BCUT2D eigenvalue weighted by Crippen LogP contribution is -2.42. The van der Waals surface area contributed by atoms with Gasteiger partial charge in [-0.25, -0.2) is 19.7 Å². The molecular weight excluding hydrogens is 491 g/mol. The number of hydrogen-bond donors (Lipinski definition) is 3. The highest BCUT2D eigenvalue weighted by atomic mass is 31.2. The number of ether oxygens (including phenoxy) is 3. The molecule has 0 unspecified atom stereocenters. The zero-order chi connectivity index (χ0) is 26.1. The van der Waals surface area contributed by atoms with Crippen molar-refractivity contribution in [2.24, 2.45) is 0 Å². The molecule has 1 aliphatic heterocycles. The molecule has 0 amide bonds. The molecule has 198 valence electrons. The SMILES string of the molecule is CCOC(=O)[C@H](C)NP(=O)(N[C@@H](C)C(=O)OCC)O[C@@H]1C[C@]12CC[C@H](c1ccc3c(N)ncnn13)O2. The third kappa shape index (κ3) is 5.40. The van der Waals surface area contributed by atoms with Gasteiger partial charge in [0.15, 0.2) is 5.82 Å². The first-order chi connectivity index (χ1) is 17.1. The zero-order valence-corrected chi connectivity index (χ0v) is 21.7. The van der Waals surface area contributed by atoms with Crippen LogP contribution < -0.4 is 15.9 Å². The maximum absolute atomic E-state index is 13.8. The Morgan fingerprint density at radius 2 is 1.86 bits per heavy atom. The summed E-state index contributed by atoms with van der Waals surface area (Å²) in [6.07, 6.45) is 2.52. The van der Waals surface area contributed by atoms with Crippen LogP contribution in [0.25, 0.3) is 5.52 Å². The highest BCUT2D eigenvalue weighted by molar-refractivity contribution is 7.54. The van der Waals surface area contributed by atoms with Crippen LogP contribution in [0.4, 0.5) is 5.82 Å². The van der Waals surface area contributed by atoms with E-state index in [2.05, 4.69) is 20.3 Å². The average molecular weight is 525 g/mol. The third-order valence-corrected chi connectivity index (χ3v) is 8.29. The smallest absolute Gasteiger partial charge is 0.342 e. The summed E-state index contributed by atoms with van der Waals surface area (Å²) in [5.74, 6) is -0.798. The first kappa shape index (κ1) is 26.5. The molecule has 1 saturated heterocycles. The largest absolute Gasteiger partial charge is 0.465 e. The Balaban J connectivity index is 1.47. The molecule has 2 aliphatic rings. The molecule has 1 saturated carbocycles. The lowest BCUT2D eigenvalue weighted by atomic mass is 10.1. The molecule has 4 N–H and O–H groups in total. The van der Waals surface area contributed by atoms with Crippen LogP contribution in [0.15, 0.2) is 18.5 Å². The van der Waals surface area contributed by atoms with Crippen LogP contribution in [0.5, 0.6) is 0 Å². The monoisotopic (exact) mass is 524 g/mol. The van der Waals surface area contributed by atoms with Crippen LogP contribution in [0.2, 0.25) is 0 Å². The van der Waals surface area contributed by atoms with E-state index in [4.69, 9.17) is 24.5 Å². The van der Waals surface area contributed by atoms with E-state index in [0.717, 1.165) is 5.69 Å². The summed E-state index contributed by atoms with van der Waals surface area (Å²) < 4.78 is 37.9. The maximum atomic E-state index is 13.8. The van der Waals surface area contributed by atoms with Crippen LogP contribution in [-0.2, 0) is 32.9 Å². The van der Waals surface area contributed by atoms with Gasteiger partial charge in [-0.15, -0.1) is 0 Å². The summed E-state index contributed by atoms with van der Waals surface area (Å²) in [5, 5.41) is 9.69. The quantitative estimate of drug-likeness (QED) is 0.289. The molecule has 0 aromatic carbocycles. The molecule has 36 heavy (non-hydrogen) atoms. The number of carbonyl (C=O) groups excluding carboxylic acids is 2. The highest BCUT2D eigenvalue weighted by Gasteiger charge is 2.63. The van der Waals surface area contributed by atoms with Crippen LogP contribution in [0.1, 0.15) is 58.8 Å². The predicted molar refractivity (Wildman–Crippen MR) is 129 cm³/mol. The third-order valence-electron chi connectivity index (χ3n) is 6.29. The van der Waals surface area contributed by atoms with Gasteiger partial charge in [0.25, 0.3) is 0 Å². The Kier molecular flexibility index (Phi) is 7.67. The molecule has 2 aromatic heterocycles. The summed E-state index contributed by atoms with van der Waals surface area (Å²) in [6, 6.07) is 1.86. The number of nitrogens with two attached hydrogens (primary N) is 1. The number of anilines is 1. The van der Waals surface area contributed by atoms with Gasteiger partial charge in [-0.05, 0) is 52.7 Å². The van der Waals surface area contributed by atoms with Crippen LogP contribution in [0, 0.1) is 0 Å². The van der Waals surface area contributed by atoms with Crippen molar-refractivity contribution in [3.63, 3.8) is 0 Å². The number of nitrogen functional groups attached to an aromatic ring is 1. The van der Waals surface area contributed by atoms with Gasteiger partial charge < -0.3 is 19.9 Å². The van der Waals surface area contributed by atoms with Gasteiger partial charge in [0, 0.05) is 6.42 Å². The minimum Gasteiger partial charge on any atom is -0.465 e. The van der Waals surface area contributed by atoms with Crippen molar-refractivity contribution < 1.29 is 32.9 Å². The van der Waals surface area contributed by atoms with E-state index in [1.54, 1.807) is 18.4 Å². The van der Waals surface area contributed by atoms with Crippen molar-refractivity contribution in [2.45, 2.75) is 76.9 Å². The van der Waals surface area contributed by atoms with E-state index in [1.165, 1.54) is 20.2 Å². The van der Waals surface area contributed by atoms with E-state index < -0.39 is 43.4 Å². The Morgan fingerprint density at radius 3 is 2.47 bits per heavy atom. The second kappa shape index (κ2) is 10.4. The minimum absolute atomic E-state index is 0.175. The number of hydrogen-bond acceptors (Lipinski definition) is 10. The molecule has 0 bridgehead atoms. The van der Waals surface area contributed by atoms with Crippen molar-refractivity contribution in [1.29, 1.82) is 0 Å². The van der Waals surface area contributed by atoms with Gasteiger partial charge in [0.2, 0.25) is 0 Å². The van der Waals surface area contributed by atoms with Crippen LogP contribution in [0.3, 0.4) is 0 Å². The molecular formula is C22H33N6O7P. The second-order valence-corrected chi connectivity index (χ2v) is 10.8. The molecule has 5 atom stereocenters. The summed E-state index contributed by atoms with van der Waals surface area (Å²) >= 11 is 0. The highest BCUT2D eigenvalue weighted by Crippen LogP contribution is 2.59. The fraction of sp³-hybridized carbons (Fsp3) is 0.636. The van der Waals surface area contributed by atoms with Crippen molar-refractivity contribution in [1.82, 2.24) is 24.8 Å². The molecule has 1 aliphatic carbocycles. The molecule has 2 fully saturated rings. The molecule has 14 heteroatoms. The number of esters is 2. The van der Waals surface area contributed by atoms with E-state index in [9.17, 15) is 14.2 Å². The second-order valence-electron chi connectivity index (χ2n) is 8.97.